The first-order valence-electron chi connectivity index (χ1n) is 5.31. The number of H-pyrrole nitrogens is 1. The number of nitrogens with one attached hydrogen (secondary N) is 2. The Morgan fingerprint density at radius 1 is 1.42 bits per heavy atom. The van der Waals surface area contributed by atoms with E-state index in [1.165, 1.54) is 6.07 Å². The molecular formula is C11H11ClN2O3S2. The fourth-order valence-corrected chi connectivity index (χ4v) is 3.61. The number of rotatable bonds is 4. The van der Waals surface area contributed by atoms with Crippen LogP contribution < -0.4 is 9.60 Å². The molecule has 1 aromatic carbocycles. The van der Waals surface area contributed by atoms with Gasteiger partial charge < -0.3 is 4.98 Å². The van der Waals surface area contributed by atoms with Crippen molar-refractivity contribution in [2.45, 2.75) is 18.4 Å². The van der Waals surface area contributed by atoms with Crippen LogP contribution in [0.25, 0.3) is 0 Å². The predicted octanol–water partition coefficient (Wildman–Crippen LogP) is 1.88. The molecule has 0 aliphatic heterocycles. The van der Waals surface area contributed by atoms with Crippen LogP contribution in [-0.2, 0) is 16.6 Å². The number of hydrogen-bond donors (Lipinski definition) is 2. The van der Waals surface area contributed by atoms with Crippen molar-refractivity contribution in [3.05, 3.63) is 49.5 Å². The van der Waals surface area contributed by atoms with Crippen molar-refractivity contribution in [2.75, 3.05) is 0 Å². The minimum Gasteiger partial charge on any atom is -0.315 e. The Balaban J connectivity index is 2.23. The van der Waals surface area contributed by atoms with E-state index in [0.29, 0.717) is 16.3 Å². The molecule has 0 aliphatic carbocycles. The first-order chi connectivity index (χ1) is 8.88. The molecule has 8 heteroatoms. The SMILES string of the molecule is Cc1ccc(Cl)cc1S(=O)(=O)NCc1csc(=O)[nH]1. The van der Waals surface area contributed by atoms with E-state index < -0.39 is 10.0 Å². The van der Waals surface area contributed by atoms with Gasteiger partial charge >= 0.3 is 4.87 Å². The minimum atomic E-state index is -3.65. The summed E-state index contributed by atoms with van der Waals surface area (Å²) in [4.78, 5) is 13.4. The van der Waals surface area contributed by atoms with E-state index in [2.05, 4.69) is 9.71 Å². The van der Waals surface area contributed by atoms with E-state index in [9.17, 15) is 13.2 Å². The molecule has 2 aromatic rings. The minimum absolute atomic E-state index is 0.0347. The summed E-state index contributed by atoms with van der Waals surface area (Å²) < 4.78 is 26.7. The molecule has 0 atom stereocenters. The van der Waals surface area contributed by atoms with Gasteiger partial charge in [0.1, 0.15) is 0 Å². The molecule has 0 amide bonds. The molecule has 19 heavy (non-hydrogen) atoms. The summed E-state index contributed by atoms with van der Waals surface area (Å²) in [7, 11) is -3.65. The van der Waals surface area contributed by atoms with Crippen molar-refractivity contribution in [3.63, 3.8) is 0 Å². The van der Waals surface area contributed by atoms with Gasteiger partial charge in [-0.2, -0.15) is 0 Å². The average molecular weight is 319 g/mol. The van der Waals surface area contributed by atoms with Crippen molar-refractivity contribution in [1.29, 1.82) is 0 Å². The van der Waals surface area contributed by atoms with Gasteiger partial charge in [0.15, 0.2) is 0 Å². The summed E-state index contributed by atoms with van der Waals surface area (Å²) in [5.74, 6) is 0. The van der Waals surface area contributed by atoms with Gasteiger partial charge in [-0.3, -0.25) is 4.79 Å². The molecule has 102 valence electrons. The monoisotopic (exact) mass is 318 g/mol. The Hall–Kier alpha value is -1.15. The Morgan fingerprint density at radius 2 is 2.16 bits per heavy atom. The number of benzene rings is 1. The topological polar surface area (TPSA) is 79.0 Å². The third kappa shape index (κ3) is 3.44. The maximum absolute atomic E-state index is 12.1. The summed E-state index contributed by atoms with van der Waals surface area (Å²) in [6, 6.07) is 4.67. The Morgan fingerprint density at radius 3 is 2.79 bits per heavy atom. The lowest BCUT2D eigenvalue weighted by Gasteiger charge is -2.08. The first-order valence-corrected chi connectivity index (χ1v) is 8.05. The highest BCUT2D eigenvalue weighted by Crippen LogP contribution is 2.20. The van der Waals surface area contributed by atoms with Gasteiger partial charge in [-0.15, -0.1) is 0 Å². The lowest BCUT2D eigenvalue weighted by Crippen LogP contribution is -2.24. The summed E-state index contributed by atoms with van der Waals surface area (Å²) >= 11 is 6.79. The van der Waals surface area contributed by atoms with Gasteiger partial charge in [0.25, 0.3) is 0 Å². The van der Waals surface area contributed by atoms with Crippen LogP contribution in [0, 0.1) is 6.92 Å². The largest absolute Gasteiger partial charge is 0.315 e. The van der Waals surface area contributed by atoms with E-state index in [0.717, 1.165) is 11.3 Å². The number of aromatic nitrogens is 1. The van der Waals surface area contributed by atoms with E-state index in [1.54, 1.807) is 24.4 Å². The van der Waals surface area contributed by atoms with Gasteiger partial charge in [-0.25, -0.2) is 13.1 Å². The van der Waals surface area contributed by atoms with Crippen molar-refractivity contribution in [2.24, 2.45) is 0 Å². The second kappa shape index (κ2) is 5.46. The van der Waals surface area contributed by atoms with Crippen LogP contribution in [0.1, 0.15) is 11.3 Å². The van der Waals surface area contributed by atoms with Crippen molar-refractivity contribution >= 4 is 33.0 Å². The average Bonchev–Trinajstić information content (AvgIpc) is 2.76. The molecule has 2 rings (SSSR count). The smallest absolute Gasteiger partial charge is 0.304 e. The molecule has 0 radical (unpaired) electrons. The predicted molar refractivity (Wildman–Crippen MR) is 75.2 cm³/mol. The van der Waals surface area contributed by atoms with E-state index in [4.69, 9.17) is 11.6 Å². The highest BCUT2D eigenvalue weighted by Gasteiger charge is 2.17. The standard InChI is InChI=1S/C11H11ClN2O3S2/c1-7-2-3-8(12)4-10(7)19(16,17)13-5-9-6-18-11(15)14-9/h2-4,6,13H,5H2,1H3,(H,14,15). The molecule has 0 saturated carbocycles. The summed E-state index contributed by atoms with van der Waals surface area (Å²) in [5, 5.41) is 1.94. The first kappa shape index (κ1) is 14.3. The van der Waals surface area contributed by atoms with Gasteiger partial charge in [0.2, 0.25) is 10.0 Å². The zero-order valence-corrected chi connectivity index (χ0v) is 12.3. The zero-order chi connectivity index (χ0) is 14.0. The quantitative estimate of drug-likeness (QED) is 0.903. The molecule has 0 spiro atoms. The molecule has 0 bridgehead atoms. The van der Waals surface area contributed by atoms with Crippen LogP contribution in [0.2, 0.25) is 5.02 Å². The molecular weight excluding hydrogens is 308 g/mol. The second-order valence-corrected chi connectivity index (χ2v) is 6.92. The Kier molecular flexibility index (Phi) is 4.10. The Labute approximate surface area is 119 Å². The maximum atomic E-state index is 12.1. The molecule has 1 heterocycles. The number of halogens is 1. The molecule has 0 unspecified atom stereocenters. The zero-order valence-electron chi connectivity index (χ0n) is 9.94. The lowest BCUT2D eigenvalue weighted by molar-refractivity contribution is 0.580. The van der Waals surface area contributed by atoms with Crippen LogP contribution in [-0.4, -0.2) is 13.4 Å². The van der Waals surface area contributed by atoms with Crippen LogP contribution >= 0.6 is 22.9 Å². The molecule has 2 N–H and O–H groups in total. The number of thiazole rings is 1. The fraction of sp³-hybridized carbons (Fsp3) is 0.182. The third-order valence-electron chi connectivity index (χ3n) is 2.46. The van der Waals surface area contributed by atoms with Crippen LogP contribution in [0.5, 0.6) is 0 Å². The Bertz CT molecular complexity index is 749. The van der Waals surface area contributed by atoms with Crippen LogP contribution in [0.3, 0.4) is 0 Å². The lowest BCUT2D eigenvalue weighted by atomic mass is 10.2. The van der Waals surface area contributed by atoms with Gasteiger partial charge in [0, 0.05) is 16.1 Å². The molecule has 5 nitrogen and oxygen atoms in total. The third-order valence-corrected chi connectivity index (χ3v) is 4.96. The van der Waals surface area contributed by atoms with Crippen LogP contribution in [0.15, 0.2) is 33.3 Å². The van der Waals surface area contributed by atoms with E-state index >= 15 is 0 Å². The van der Waals surface area contributed by atoms with Crippen LogP contribution in [0.4, 0.5) is 0 Å². The molecule has 1 aromatic heterocycles. The van der Waals surface area contributed by atoms with Gasteiger partial charge in [0.05, 0.1) is 11.4 Å². The number of hydrogen-bond acceptors (Lipinski definition) is 4. The number of aromatic amines is 1. The normalized spacial score (nSPS) is 11.7. The highest BCUT2D eigenvalue weighted by molar-refractivity contribution is 7.89. The second-order valence-electron chi connectivity index (χ2n) is 3.91. The van der Waals surface area contributed by atoms with Gasteiger partial charge in [-0.05, 0) is 24.6 Å². The number of sulfonamides is 1. The van der Waals surface area contributed by atoms with E-state index in [1.807, 2.05) is 0 Å². The van der Waals surface area contributed by atoms with Crippen molar-refractivity contribution in [3.8, 4) is 0 Å². The summed E-state index contributed by atoms with van der Waals surface area (Å²) in [6.45, 7) is 1.73. The number of aryl methyl sites for hydroxylation is 1. The highest BCUT2D eigenvalue weighted by atomic mass is 35.5. The van der Waals surface area contributed by atoms with E-state index in [-0.39, 0.29) is 16.3 Å². The van der Waals surface area contributed by atoms with Crippen molar-refractivity contribution < 1.29 is 8.42 Å². The maximum Gasteiger partial charge on any atom is 0.304 e. The molecule has 0 saturated heterocycles. The van der Waals surface area contributed by atoms with Gasteiger partial charge in [-0.1, -0.05) is 29.0 Å². The molecule has 0 fully saturated rings. The summed E-state index contributed by atoms with van der Waals surface area (Å²) in [6.07, 6.45) is 0. The van der Waals surface area contributed by atoms with Crippen molar-refractivity contribution in [1.82, 2.24) is 9.71 Å². The summed E-state index contributed by atoms with van der Waals surface area (Å²) in [5.41, 5.74) is 1.13. The molecule has 0 aliphatic rings. The fourth-order valence-electron chi connectivity index (χ4n) is 1.51.